The van der Waals surface area contributed by atoms with Crippen LogP contribution in [0.2, 0.25) is 0 Å². The van der Waals surface area contributed by atoms with Crippen molar-refractivity contribution in [2.75, 3.05) is 0 Å². The lowest BCUT2D eigenvalue weighted by molar-refractivity contribution is 0.471. The van der Waals surface area contributed by atoms with Crippen LogP contribution in [0.15, 0.2) is 30.3 Å². The van der Waals surface area contributed by atoms with Gasteiger partial charge in [-0.05, 0) is 54.7 Å². The maximum Gasteiger partial charge on any atom is -0.0228 e. The van der Waals surface area contributed by atoms with Crippen LogP contribution in [0.5, 0.6) is 0 Å². The number of hydrogen-bond donors (Lipinski definition) is 0. The summed E-state index contributed by atoms with van der Waals surface area (Å²) in [7, 11) is 0. The van der Waals surface area contributed by atoms with Crippen molar-refractivity contribution in [3.05, 3.63) is 41.5 Å². The summed E-state index contributed by atoms with van der Waals surface area (Å²) < 4.78 is 0. The molecule has 0 saturated carbocycles. The number of benzene rings is 1. The quantitative estimate of drug-likeness (QED) is 0.546. The lowest BCUT2D eigenvalue weighted by Gasteiger charge is -2.20. The second kappa shape index (κ2) is 7.53. The first-order valence-corrected chi connectivity index (χ1v) is 8.11. The maximum absolute atomic E-state index is 2.48. The third-order valence-electron chi connectivity index (χ3n) is 4.49. The van der Waals surface area contributed by atoms with Crippen LogP contribution in [0, 0.1) is 5.92 Å². The molecule has 0 fully saturated rings. The van der Waals surface area contributed by atoms with Gasteiger partial charge in [-0.1, -0.05) is 63.5 Å². The van der Waals surface area contributed by atoms with E-state index in [0.29, 0.717) is 0 Å². The molecule has 2 rings (SSSR count). The van der Waals surface area contributed by atoms with Crippen LogP contribution in [0.3, 0.4) is 0 Å². The predicted octanol–water partition coefficient (Wildman–Crippen LogP) is 6.01. The molecule has 0 amide bonds. The molecule has 104 valence electrons. The summed E-state index contributed by atoms with van der Waals surface area (Å²) in [6.07, 6.45) is 13.0. The normalized spacial score (nSPS) is 19.3. The molecule has 0 N–H and O–H groups in total. The van der Waals surface area contributed by atoms with Crippen molar-refractivity contribution >= 4 is 5.57 Å². The third kappa shape index (κ3) is 4.23. The lowest BCUT2D eigenvalue weighted by atomic mass is 9.85. The molecule has 1 aromatic carbocycles. The first-order chi connectivity index (χ1) is 9.33. The molecule has 1 aliphatic carbocycles. The average Bonchev–Trinajstić information content (AvgIpc) is 2.48. The fraction of sp³-hybridized carbons (Fsp3) is 0.579. The molecule has 1 unspecified atom stereocenters. The van der Waals surface area contributed by atoms with Gasteiger partial charge in [-0.25, -0.2) is 0 Å². The van der Waals surface area contributed by atoms with Crippen molar-refractivity contribution in [1.82, 2.24) is 0 Å². The van der Waals surface area contributed by atoms with E-state index in [9.17, 15) is 0 Å². The molecular formula is C19H28. The molecule has 0 aromatic heterocycles. The number of hydrogen-bond acceptors (Lipinski definition) is 0. The molecule has 0 heteroatoms. The third-order valence-corrected chi connectivity index (χ3v) is 4.49. The van der Waals surface area contributed by atoms with Gasteiger partial charge in [-0.15, -0.1) is 0 Å². The van der Waals surface area contributed by atoms with E-state index in [1.165, 1.54) is 62.5 Å². The van der Waals surface area contributed by atoms with Crippen molar-refractivity contribution in [2.45, 2.75) is 65.2 Å². The summed E-state index contributed by atoms with van der Waals surface area (Å²) in [5.74, 6) is 0.928. The minimum atomic E-state index is 0.928. The smallest absolute Gasteiger partial charge is 0.0228 e. The van der Waals surface area contributed by atoms with Gasteiger partial charge in [0.05, 0.1) is 0 Å². The number of aryl methyl sites for hydroxylation is 1. The topological polar surface area (TPSA) is 0 Å². The molecule has 19 heavy (non-hydrogen) atoms. The van der Waals surface area contributed by atoms with Crippen LogP contribution < -0.4 is 0 Å². The molecule has 0 bridgehead atoms. The molecule has 0 nitrogen and oxygen atoms in total. The van der Waals surface area contributed by atoms with Crippen LogP contribution in [0.25, 0.3) is 5.57 Å². The maximum atomic E-state index is 2.48. The van der Waals surface area contributed by atoms with Gasteiger partial charge in [0.1, 0.15) is 0 Å². The van der Waals surface area contributed by atoms with Gasteiger partial charge in [0.15, 0.2) is 0 Å². The summed E-state index contributed by atoms with van der Waals surface area (Å²) in [6, 6.07) is 9.33. The van der Waals surface area contributed by atoms with Gasteiger partial charge in [-0.3, -0.25) is 0 Å². The highest BCUT2D eigenvalue weighted by Crippen LogP contribution is 2.31. The second-order valence-corrected chi connectivity index (χ2v) is 5.93. The van der Waals surface area contributed by atoms with Crippen LogP contribution in [0.4, 0.5) is 0 Å². The van der Waals surface area contributed by atoms with E-state index in [4.69, 9.17) is 0 Å². The highest BCUT2D eigenvalue weighted by Gasteiger charge is 2.13. The van der Waals surface area contributed by atoms with E-state index in [0.717, 1.165) is 5.92 Å². The summed E-state index contributed by atoms with van der Waals surface area (Å²) in [5.41, 5.74) is 4.53. The Morgan fingerprint density at radius 3 is 2.42 bits per heavy atom. The standard InChI is InChI=1S/C19H28/c1-3-5-6-7-17-10-14-19(15-11-17)18-12-8-16(4-2)9-13-18/h10-12,14-16H,3-9,13H2,1-2H3. The number of allylic oxidation sites excluding steroid dienone is 2. The molecule has 1 aromatic rings. The molecular weight excluding hydrogens is 228 g/mol. The molecule has 1 aliphatic rings. The molecule has 0 spiro atoms. The Kier molecular flexibility index (Phi) is 5.69. The van der Waals surface area contributed by atoms with Crippen molar-refractivity contribution in [2.24, 2.45) is 5.92 Å². The Balaban J connectivity index is 1.93. The van der Waals surface area contributed by atoms with E-state index >= 15 is 0 Å². The minimum absolute atomic E-state index is 0.928. The van der Waals surface area contributed by atoms with Gasteiger partial charge in [0, 0.05) is 0 Å². The van der Waals surface area contributed by atoms with Gasteiger partial charge in [0.25, 0.3) is 0 Å². The largest absolute Gasteiger partial charge is 0.0804 e. The monoisotopic (exact) mass is 256 g/mol. The highest BCUT2D eigenvalue weighted by atomic mass is 14.2. The molecule has 0 radical (unpaired) electrons. The van der Waals surface area contributed by atoms with Crippen LogP contribution in [-0.2, 0) is 6.42 Å². The first-order valence-electron chi connectivity index (χ1n) is 8.11. The summed E-state index contributed by atoms with van der Waals surface area (Å²) in [5, 5.41) is 0. The first kappa shape index (κ1) is 14.4. The van der Waals surface area contributed by atoms with E-state index in [2.05, 4.69) is 44.2 Å². The van der Waals surface area contributed by atoms with E-state index in [1.54, 1.807) is 5.57 Å². The van der Waals surface area contributed by atoms with Crippen LogP contribution in [0.1, 0.15) is 69.9 Å². The molecule has 1 atom stereocenters. The van der Waals surface area contributed by atoms with Crippen molar-refractivity contribution in [1.29, 1.82) is 0 Å². The summed E-state index contributed by atoms with van der Waals surface area (Å²) in [4.78, 5) is 0. The summed E-state index contributed by atoms with van der Waals surface area (Å²) in [6.45, 7) is 4.58. The van der Waals surface area contributed by atoms with E-state index in [-0.39, 0.29) is 0 Å². The SMILES string of the molecule is CCCCCc1ccc(C2=CCC(CC)CC2)cc1. The predicted molar refractivity (Wildman–Crippen MR) is 85.3 cm³/mol. The number of unbranched alkanes of at least 4 members (excludes halogenated alkanes) is 2. The van der Waals surface area contributed by atoms with Crippen molar-refractivity contribution in [3.8, 4) is 0 Å². The zero-order chi connectivity index (χ0) is 13.5. The highest BCUT2D eigenvalue weighted by molar-refractivity contribution is 5.66. The van der Waals surface area contributed by atoms with E-state index < -0.39 is 0 Å². The molecule has 0 aliphatic heterocycles. The second-order valence-electron chi connectivity index (χ2n) is 5.93. The summed E-state index contributed by atoms with van der Waals surface area (Å²) >= 11 is 0. The van der Waals surface area contributed by atoms with Crippen molar-refractivity contribution < 1.29 is 0 Å². The van der Waals surface area contributed by atoms with Gasteiger partial charge < -0.3 is 0 Å². The minimum Gasteiger partial charge on any atom is -0.0804 e. The number of rotatable bonds is 6. The Morgan fingerprint density at radius 1 is 1.05 bits per heavy atom. The van der Waals surface area contributed by atoms with Gasteiger partial charge in [0.2, 0.25) is 0 Å². The van der Waals surface area contributed by atoms with E-state index in [1.807, 2.05) is 0 Å². The Morgan fingerprint density at radius 2 is 1.84 bits per heavy atom. The Bertz CT molecular complexity index is 397. The van der Waals surface area contributed by atoms with Gasteiger partial charge in [-0.2, -0.15) is 0 Å². The fourth-order valence-corrected chi connectivity index (χ4v) is 2.99. The van der Waals surface area contributed by atoms with Crippen molar-refractivity contribution in [3.63, 3.8) is 0 Å². The molecule has 0 heterocycles. The van der Waals surface area contributed by atoms with Crippen LogP contribution in [-0.4, -0.2) is 0 Å². The Labute approximate surface area is 118 Å². The molecule has 0 saturated heterocycles. The average molecular weight is 256 g/mol. The van der Waals surface area contributed by atoms with Gasteiger partial charge >= 0.3 is 0 Å². The van der Waals surface area contributed by atoms with Crippen LogP contribution >= 0.6 is 0 Å². The Hall–Kier alpha value is -1.04. The zero-order valence-electron chi connectivity index (χ0n) is 12.6. The lowest BCUT2D eigenvalue weighted by Crippen LogP contribution is -2.03. The fourth-order valence-electron chi connectivity index (χ4n) is 2.99. The zero-order valence-corrected chi connectivity index (χ0v) is 12.6.